The van der Waals surface area contributed by atoms with Crippen molar-refractivity contribution in [3.05, 3.63) is 72.3 Å². The highest BCUT2D eigenvalue weighted by atomic mass is 32.2. The number of hydrogen-bond donors (Lipinski definition) is 0. The third kappa shape index (κ3) is 5.58. The number of benzene rings is 3. The summed E-state index contributed by atoms with van der Waals surface area (Å²) in [4.78, 5) is 18.8. The van der Waals surface area contributed by atoms with E-state index >= 15 is 0 Å². The average Bonchev–Trinajstić information content (AvgIpc) is 2.88. The molecule has 0 amide bonds. The van der Waals surface area contributed by atoms with Crippen LogP contribution in [0.1, 0.15) is 49.9 Å². The summed E-state index contributed by atoms with van der Waals surface area (Å²) < 4.78 is 6.03. The van der Waals surface area contributed by atoms with Crippen LogP contribution in [0.15, 0.2) is 76.5 Å². The van der Waals surface area contributed by atoms with Crippen molar-refractivity contribution in [1.29, 1.82) is 0 Å². The first-order valence-electron chi connectivity index (χ1n) is 12.4. The first kappa shape index (κ1) is 24.2. The topological polar surface area (TPSA) is 32.8 Å². The lowest BCUT2D eigenvalue weighted by Crippen LogP contribution is -2.22. The van der Waals surface area contributed by atoms with E-state index in [2.05, 4.69) is 72.2 Å². The maximum absolute atomic E-state index is 11.4. The molecule has 0 N–H and O–H groups in total. The third-order valence-electron chi connectivity index (χ3n) is 6.32. The molecular formula is C29H34N2O2S. The quantitative estimate of drug-likeness (QED) is 0.199. The lowest BCUT2D eigenvalue weighted by Gasteiger charge is -2.32. The molecule has 3 aromatic carbocycles. The van der Waals surface area contributed by atoms with Crippen LogP contribution in [0.4, 0.5) is 17.1 Å². The zero-order valence-corrected chi connectivity index (χ0v) is 21.0. The van der Waals surface area contributed by atoms with E-state index in [4.69, 9.17) is 4.74 Å². The second kappa shape index (κ2) is 12.0. The van der Waals surface area contributed by atoms with Crippen LogP contribution in [-0.4, -0.2) is 32.5 Å². The van der Waals surface area contributed by atoms with Crippen LogP contribution >= 0.6 is 11.8 Å². The van der Waals surface area contributed by atoms with Gasteiger partial charge >= 0.3 is 0 Å². The molecule has 3 aromatic rings. The van der Waals surface area contributed by atoms with Gasteiger partial charge < -0.3 is 14.5 Å². The minimum atomic E-state index is 0.621. The van der Waals surface area contributed by atoms with Crippen LogP contribution in [0.25, 0.3) is 0 Å². The Morgan fingerprint density at radius 1 is 0.853 bits per heavy atom. The number of fused-ring (bicyclic) bond motifs is 2. The van der Waals surface area contributed by atoms with E-state index in [0.717, 1.165) is 57.3 Å². The lowest BCUT2D eigenvalue weighted by atomic mass is 10.1. The van der Waals surface area contributed by atoms with Crippen molar-refractivity contribution in [3.63, 3.8) is 0 Å². The normalized spacial score (nSPS) is 12.1. The zero-order chi connectivity index (χ0) is 23.8. The Bertz CT molecular complexity index is 1050. The molecule has 178 valence electrons. The molecule has 4 rings (SSSR count). The van der Waals surface area contributed by atoms with E-state index in [9.17, 15) is 4.79 Å². The Morgan fingerprint density at radius 2 is 1.50 bits per heavy atom. The summed E-state index contributed by atoms with van der Waals surface area (Å²) in [7, 11) is 0. The van der Waals surface area contributed by atoms with Gasteiger partial charge in [0.1, 0.15) is 5.75 Å². The Balaban J connectivity index is 1.27. The second-order valence-corrected chi connectivity index (χ2v) is 9.55. The predicted octanol–water partition coefficient (Wildman–Crippen LogP) is 7.59. The number of aldehydes is 1. The van der Waals surface area contributed by atoms with E-state index < -0.39 is 0 Å². The van der Waals surface area contributed by atoms with Gasteiger partial charge in [-0.05, 0) is 63.1 Å². The minimum absolute atomic E-state index is 0.621. The predicted molar refractivity (Wildman–Crippen MR) is 143 cm³/mol. The SMILES string of the molecule is CCN(CC)c1ccc(C=O)c(OCCCCCCN2c3ccccc3Sc3ccccc32)c1. The van der Waals surface area contributed by atoms with Gasteiger partial charge in [-0.1, -0.05) is 48.9 Å². The van der Waals surface area contributed by atoms with Crippen molar-refractivity contribution in [2.75, 3.05) is 36.0 Å². The van der Waals surface area contributed by atoms with Gasteiger partial charge in [0.15, 0.2) is 6.29 Å². The number of unbranched alkanes of at least 4 members (excludes halogenated alkanes) is 3. The number of ether oxygens (including phenoxy) is 1. The molecule has 1 aliphatic heterocycles. The first-order valence-corrected chi connectivity index (χ1v) is 13.2. The molecular weight excluding hydrogens is 440 g/mol. The number of para-hydroxylation sites is 2. The van der Waals surface area contributed by atoms with Gasteiger partial charge in [0.2, 0.25) is 0 Å². The Hall–Kier alpha value is -2.92. The summed E-state index contributed by atoms with van der Waals surface area (Å²) >= 11 is 1.86. The summed E-state index contributed by atoms with van der Waals surface area (Å²) in [5.41, 5.74) is 4.34. The summed E-state index contributed by atoms with van der Waals surface area (Å²) in [5.74, 6) is 0.693. The van der Waals surface area contributed by atoms with Crippen LogP contribution in [0, 0.1) is 0 Å². The van der Waals surface area contributed by atoms with E-state index in [1.54, 1.807) is 0 Å². The largest absolute Gasteiger partial charge is 0.493 e. The minimum Gasteiger partial charge on any atom is -0.493 e. The van der Waals surface area contributed by atoms with Crippen LogP contribution in [0.3, 0.4) is 0 Å². The number of carbonyl (C=O) groups excluding carboxylic acids is 1. The maximum atomic E-state index is 11.4. The smallest absolute Gasteiger partial charge is 0.153 e. The summed E-state index contributed by atoms with van der Waals surface area (Å²) in [6, 6.07) is 23.2. The Labute approximate surface area is 207 Å². The van der Waals surface area contributed by atoms with Crippen LogP contribution < -0.4 is 14.5 Å². The molecule has 34 heavy (non-hydrogen) atoms. The van der Waals surface area contributed by atoms with Crippen molar-refractivity contribution in [3.8, 4) is 5.75 Å². The standard InChI is InChI=1S/C29H34N2O2S/c1-3-30(4-2)24-18-17-23(22-32)27(21-24)33-20-12-6-5-11-19-31-25-13-7-9-15-28(25)34-29-16-10-8-14-26(29)31/h7-10,13-18,21-22H,3-6,11-12,19-20H2,1-2H3. The summed E-state index contributed by atoms with van der Waals surface area (Å²) in [6.45, 7) is 7.78. The number of carbonyl (C=O) groups is 1. The Kier molecular flexibility index (Phi) is 8.53. The Morgan fingerprint density at radius 3 is 2.15 bits per heavy atom. The highest BCUT2D eigenvalue weighted by Gasteiger charge is 2.22. The van der Waals surface area contributed by atoms with Crippen molar-refractivity contribution < 1.29 is 9.53 Å². The van der Waals surface area contributed by atoms with Gasteiger partial charge in [0.05, 0.1) is 23.5 Å². The summed E-state index contributed by atoms with van der Waals surface area (Å²) in [6.07, 6.45) is 5.25. The van der Waals surface area contributed by atoms with Gasteiger partial charge in [-0.25, -0.2) is 0 Å². The monoisotopic (exact) mass is 474 g/mol. The molecule has 0 atom stereocenters. The highest BCUT2D eigenvalue weighted by Crippen LogP contribution is 2.47. The van der Waals surface area contributed by atoms with Crippen molar-refractivity contribution in [2.45, 2.75) is 49.3 Å². The first-order chi connectivity index (χ1) is 16.7. The van der Waals surface area contributed by atoms with Gasteiger partial charge in [-0.2, -0.15) is 0 Å². The zero-order valence-electron chi connectivity index (χ0n) is 20.2. The summed E-state index contributed by atoms with van der Waals surface area (Å²) in [5, 5.41) is 0. The van der Waals surface area contributed by atoms with Gasteiger partial charge in [-0.3, -0.25) is 4.79 Å². The molecule has 0 saturated heterocycles. The highest BCUT2D eigenvalue weighted by molar-refractivity contribution is 7.99. The second-order valence-electron chi connectivity index (χ2n) is 8.46. The van der Waals surface area contributed by atoms with E-state index in [1.807, 2.05) is 30.0 Å². The lowest BCUT2D eigenvalue weighted by molar-refractivity contribution is 0.111. The molecule has 5 heteroatoms. The third-order valence-corrected chi connectivity index (χ3v) is 7.45. The van der Waals surface area contributed by atoms with Crippen molar-refractivity contribution in [1.82, 2.24) is 0 Å². The van der Waals surface area contributed by atoms with E-state index in [1.165, 1.54) is 21.2 Å². The average molecular weight is 475 g/mol. The molecule has 0 aromatic heterocycles. The molecule has 4 nitrogen and oxygen atoms in total. The van der Waals surface area contributed by atoms with E-state index in [-0.39, 0.29) is 0 Å². The molecule has 0 radical (unpaired) electrons. The number of hydrogen-bond acceptors (Lipinski definition) is 5. The molecule has 0 aliphatic carbocycles. The molecule has 1 heterocycles. The van der Waals surface area contributed by atoms with Crippen molar-refractivity contribution in [2.24, 2.45) is 0 Å². The van der Waals surface area contributed by atoms with Crippen LogP contribution in [0.2, 0.25) is 0 Å². The van der Waals surface area contributed by atoms with Gasteiger partial charge in [0.25, 0.3) is 0 Å². The maximum Gasteiger partial charge on any atom is 0.153 e. The van der Waals surface area contributed by atoms with E-state index in [0.29, 0.717) is 17.9 Å². The fraction of sp³-hybridized carbons (Fsp3) is 0.345. The molecule has 0 saturated carbocycles. The number of anilines is 3. The molecule has 0 unspecified atom stereocenters. The molecule has 0 bridgehead atoms. The van der Waals surface area contributed by atoms with Crippen LogP contribution in [-0.2, 0) is 0 Å². The molecule has 0 fully saturated rings. The van der Waals surface area contributed by atoms with Crippen molar-refractivity contribution >= 4 is 35.1 Å². The molecule has 0 spiro atoms. The number of rotatable bonds is 12. The van der Waals surface area contributed by atoms with Gasteiger partial charge in [0, 0.05) is 41.2 Å². The van der Waals surface area contributed by atoms with Gasteiger partial charge in [-0.15, -0.1) is 0 Å². The molecule has 1 aliphatic rings. The fourth-order valence-corrected chi connectivity index (χ4v) is 5.56. The van der Waals surface area contributed by atoms with Crippen LogP contribution in [0.5, 0.6) is 5.75 Å². The number of nitrogens with zero attached hydrogens (tertiary/aromatic N) is 2. The fourth-order valence-electron chi connectivity index (χ4n) is 4.46.